The van der Waals surface area contributed by atoms with E-state index in [1.165, 1.54) is 22.3 Å². The van der Waals surface area contributed by atoms with Gasteiger partial charge in [0.1, 0.15) is 0 Å². The van der Waals surface area contributed by atoms with Crippen LogP contribution in [0.5, 0.6) is 0 Å². The average Bonchev–Trinajstić information content (AvgIpc) is 2.79. The molecule has 0 N–H and O–H groups in total. The van der Waals surface area contributed by atoms with Crippen molar-refractivity contribution >= 4 is 0 Å². The molecule has 180 valence electrons. The summed E-state index contributed by atoms with van der Waals surface area (Å²) < 4.78 is 22.7. The molecule has 0 saturated carbocycles. The SMILES string of the molecule is CCC1(COCc2ccc(CCCc3ccc(COCC4(CC)COC4)cc3)cc2)COC1. The monoisotopic (exact) mass is 452 g/mol. The Bertz CT molecular complexity index is 752. The third-order valence-electron chi connectivity index (χ3n) is 7.46. The maximum absolute atomic E-state index is 5.97. The molecule has 2 heterocycles. The third kappa shape index (κ3) is 6.66. The molecule has 2 saturated heterocycles. The van der Waals surface area contributed by atoms with Crippen molar-refractivity contribution in [1.82, 2.24) is 0 Å². The largest absolute Gasteiger partial charge is 0.380 e. The highest BCUT2D eigenvalue weighted by Gasteiger charge is 2.37. The van der Waals surface area contributed by atoms with E-state index in [1.54, 1.807) is 0 Å². The lowest BCUT2D eigenvalue weighted by molar-refractivity contribution is -0.152. The Hall–Kier alpha value is -1.72. The second-order valence-electron chi connectivity index (χ2n) is 10.2. The summed E-state index contributed by atoms with van der Waals surface area (Å²) >= 11 is 0. The van der Waals surface area contributed by atoms with Gasteiger partial charge < -0.3 is 18.9 Å². The van der Waals surface area contributed by atoms with Crippen LogP contribution < -0.4 is 0 Å². The minimum absolute atomic E-state index is 0.258. The van der Waals surface area contributed by atoms with Crippen molar-refractivity contribution in [3.8, 4) is 0 Å². The van der Waals surface area contributed by atoms with Gasteiger partial charge in [-0.2, -0.15) is 0 Å². The number of hydrogen-bond acceptors (Lipinski definition) is 4. The Morgan fingerprint density at radius 3 is 1.27 bits per heavy atom. The van der Waals surface area contributed by atoms with E-state index in [2.05, 4.69) is 62.4 Å². The zero-order chi connectivity index (χ0) is 23.0. The highest BCUT2D eigenvalue weighted by molar-refractivity contribution is 5.24. The Kier molecular flexibility index (Phi) is 8.59. The van der Waals surface area contributed by atoms with Gasteiger partial charge in [0.05, 0.1) is 52.9 Å². The maximum Gasteiger partial charge on any atom is 0.0717 e. The smallest absolute Gasteiger partial charge is 0.0717 e. The van der Waals surface area contributed by atoms with Gasteiger partial charge in [-0.05, 0) is 54.4 Å². The van der Waals surface area contributed by atoms with Crippen LogP contribution >= 0.6 is 0 Å². The van der Waals surface area contributed by atoms with Gasteiger partial charge in [0, 0.05) is 10.8 Å². The van der Waals surface area contributed by atoms with Crippen LogP contribution in [0.4, 0.5) is 0 Å². The van der Waals surface area contributed by atoms with Gasteiger partial charge in [0.2, 0.25) is 0 Å². The maximum atomic E-state index is 5.97. The molecule has 4 heteroatoms. The fraction of sp³-hybridized carbons (Fsp3) is 0.586. The summed E-state index contributed by atoms with van der Waals surface area (Å²) in [5, 5.41) is 0. The molecule has 0 aromatic heterocycles. The van der Waals surface area contributed by atoms with Crippen LogP contribution in [-0.2, 0) is 45.0 Å². The zero-order valence-corrected chi connectivity index (χ0v) is 20.4. The molecule has 0 spiro atoms. The molecule has 0 aliphatic carbocycles. The van der Waals surface area contributed by atoms with Crippen LogP contribution in [-0.4, -0.2) is 39.6 Å². The molecule has 4 rings (SSSR count). The van der Waals surface area contributed by atoms with Crippen LogP contribution in [0.15, 0.2) is 48.5 Å². The highest BCUT2D eigenvalue weighted by Crippen LogP contribution is 2.32. The highest BCUT2D eigenvalue weighted by atomic mass is 16.5. The first-order valence-electron chi connectivity index (χ1n) is 12.6. The molecule has 2 aliphatic heterocycles. The summed E-state index contributed by atoms with van der Waals surface area (Å²) in [5.74, 6) is 0. The fourth-order valence-corrected chi connectivity index (χ4v) is 4.43. The summed E-state index contributed by atoms with van der Waals surface area (Å²) in [6.07, 6.45) is 5.60. The molecule has 2 aliphatic rings. The van der Waals surface area contributed by atoms with Crippen molar-refractivity contribution in [2.45, 2.75) is 59.2 Å². The molecule has 4 nitrogen and oxygen atoms in total. The summed E-state index contributed by atoms with van der Waals surface area (Å²) in [4.78, 5) is 0. The Morgan fingerprint density at radius 1 is 0.606 bits per heavy atom. The summed E-state index contributed by atoms with van der Waals surface area (Å²) in [7, 11) is 0. The predicted octanol–water partition coefficient (Wildman–Crippen LogP) is 5.75. The topological polar surface area (TPSA) is 36.9 Å². The second kappa shape index (κ2) is 11.6. The van der Waals surface area contributed by atoms with Crippen molar-refractivity contribution in [2.24, 2.45) is 10.8 Å². The van der Waals surface area contributed by atoms with Crippen molar-refractivity contribution in [2.75, 3.05) is 39.6 Å². The van der Waals surface area contributed by atoms with E-state index in [9.17, 15) is 0 Å². The van der Waals surface area contributed by atoms with Crippen LogP contribution in [0, 0.1) is 10.8 Å². The van der Waals surface area contributed by atoms with E-state index in [-0.39, 0.29) is 10.8 Å². The average molecular weight is 453 g/mol. The van der Waals surface area contributed by atoms with E-state index in [4.69, 9.17) is 18.9 Å². The Morgan fingerprint density at radius 2 is 0.970 bits per heavy atom. The predicted molar refractivity (Wildman–Crippen MR) is 131 cm³/mol. The minimum Gasteiger partial charge on any atom is -0.380 e. The van der Waals surface area contributed by atoms with Gasteiger partial charge in [-0.3, -0.25) is 0 Å². The molecular weight excluding hydrogens is 412 g/mol. The quantitative estimate of drug-likeness (QED) is 0.366. The number of benzene rings is 2. The van der Waals surface area contributed by atoms with Gasteiger partial charge in [-0.15, -0.1) is 0 Å². The van der Waals surface area contributed by atoms with E-state index in [0.717, 1.165) is 71.7 Å². The first-order valence-corrected chi connectivity index (χ1v) is 12.6. The number of ether oxygens (including phenoxy) is 4. The number of hydrogen-bond donors (Lipinski definition) is 0. The Labute approximate surface area is 199 Å². The minimum atomic E-state index is 0.258. The zero-order valence-electron chi connectivity index (χ0n) is 20.4. The summed E-state index contributed by atoms with van der Waals surface area (Å²) in [5.41, 5.74) is 5.80. The lowest BCUT2D eigenvalue weighted by Crippen LogP contribution is -2.45. The van der Waals surface area contributed by atoms with Gasteiger partial charge >= 0.3 is 0 Å². The van der Waals surface area contributed by atoms with E-state index in [1.807, 2.05) is 0 Å². The molecule has 0 unspecified atom stereocenters. The third-order valence-corrected chi connectivity index (χ3v) is 7.46. The van der Waals surface area contributed by atoms with Crippen molar-refractivity contribution in [3.63, 3.8) is 0 Å². The van der Waals surface area contributed by atoms with Gasteiger partial charge in [-0.25, -0.2) is 0 Å². The van der Waals surface area contributed by atoms with Gasteiger partial charge in [0.25, 0.3) is 0 Å². The van der Waals surface area contributed by atoms with E-state index >= 15 is 0 Å². The van der Waals surface area contributed by atoms with Crippen molar-refractivity contribution < 1.29 is 18.9 Å². The number of aryl methyl sites for hydroxylation is 2. The molecule has 2 aromatic rings. The molecule has 0 amide bonds. The van der Waals surface area contributed by atoms with Crippen molar-refractivity contribution in [3.05, 3.63) is 70.8 Å². The Balaban J connectivity index is 1.12. The molecule has 2 aromatic carbocycles. The molecule has 0 atom stereocenters. The second-order valence-corrected chi connectivity index (χ2v) is 10.2. The van der Waals surface area contributed by atoms with E-state index < -0.39 is 0 Å². The standard InChI is InChI=1S/C29H40O4/c1-3-28(20-32-21-28)18-30-16-26-12-8-24(9-13-26)6-5-7-25-10-14-27(15-11-25)17-31-19-29(4-2)22-33-23-29/h8-15H,3-7,16-23H2,1-2H3. The van der Waals surface area contributed by atoms with Gasteiger partial charge in [0.15, 0.2) is 0 Å². The lowest BCUT2D eigenvalue weighted by atomic mass is 9.84. The van der Waals surface area contributed by atoms with Crippen LogP contribution in [0.25, 0.3) is 0 Å². The van der Waals surface area contributed by atoms with Crippen LogP contribution in [0.3, 0.4) is 0 Å². The molecular formula is C29H40O4. The molecule has 33 heavy (non-hydrogen) atoms. The molecule has 0 bridgehead atoms. The van der Waals surface area contributed by atoms with Crippen LogP contribution in [0.1, 0.15) is 55.4 Å². The van der Waals surface area contributed by atoms with Crippen molar-refractivity contribution in [1.29, 1.82) is 0 Å². The molecule has 2 fully saturated rings. The summed E-state index contributed by atoms with van der Waals surface area (Å²) in [6.45, 7) is 10.8. The number of rotatable bonds is 14. The normalized spacial score (nSPS) is 18.5. The van der Waals surface area contributed by atoms with Gasteiger partial charge in [-0.1, -0.05) is 62.4 Å². The van der Waals surface area contributed by atoms with Crippen LogP contribution in [0.2, 0.25) is 0 Å². The summed E-state index contributed by atoms with van der Waals surface area (Å²) in [6, 6.07) is 17.8. The first kappa shape index (κ1) is 24.4. The first-order chi connectivity index (χ1) is 16.1. The lowest BCUT2D eigenvalue weighted by Gasteiger charge is -2.40. The van der Waals surface area contributed by atoms with E-state index in [0.29, 0.717) is 13.2 Å². The molecule has 0 radical (unpaired) electrons. The fourth-order valence-electron chi connectivity index (χ4n) is 4.43.